The third-order valence-corrected chi connectivity index (χ3v) is 5.61. The minimum Gasteiger partial charge on any atom is -0.384 e. The molecule has 0 radical (unpaired) electrons. The molecule has 1 amide bonds. The van der Waals surface area contributed by atoms with Gasteiger partial charge in [0.1, 0.15) is 0 Å². The van der Waals surface area contributed by atoms with Gasteiger partial charge in [0.25, 0.3) is 0 Å². The normalized spacial score (nSPS) is 17.3. The monoisotopic (exact) mass is 366 g/mol. The second-order valence-corrected chi connectivity index (χ2v) is 7.61. The number of carbonyl (C=O) groups is 1. The smallest absolute Gasteiger partial charge is 0.241 e. The maximum absolute atomic E-state index is 12.7. The van der Waals surface area contributed by atoms with Crippen LogP contribution in [0.2, 0.25) is 0 Å². The first-order valence-electron chi connectivity index (χ1n) is 7.92. The summed E-state index contributed by atoms with van der Waals surface area (Å²) in [7, 11) is -2.24. The molecule has 2 rings (SSSR count). The fraction of sp³-hybridized carbons (Fsp3) is 0.500. The highest BCUT2D eigenvalue weighted by molar-refractivity contribution is 7.89. The molecule has 1 aromatic carbocycles. The summed E-state index contributed by atoms with van der Waals surface area (Å²) in [4.78, 5) is 13.4. The minimum atomic E-state index is -3.74. The standard InChI is InChI=1S/C16H22N4O4S/c1-12-3-4-13(18-16(21)6-8-24-2)9-15(12)25(22,23)19-14-5-7-20(10-14)11-17/h3-4,9,14,19H,5-8,10H2,1-2H3,(H,18,21). The van der Waals surface area contributed by atoms with Gasteiger partial charge in [-0.3, -0.25) is 4.79 Å². The molecule has 0 spiro atoms. The maximum Gasteiger partial charge on any atom is 0.241 e. The van der Waals surface area contributed by atoms with E-state index in [2.05, 4.69) is 10.0 Å². The molecule has 1 unspecified atom stereocenters. The molecule has 0 aliphatic carbocycles. The highest BCUT2D eigenvalue weighted by Gasteiger charge is 2.27. The molecule has 0 bridgehead atoms. The number of sulfonamides is 1. The quantitative estimate of drug-likeness (QED) is 0.691. The summed E-state index contributed by atoms with van der Waals surface area (Å²) in [5.74, 6) is -0.248. The zero-order valence-electron chi connectivity index (χ0n) is 14.3. The van der Waals surface area contributed by atoms with Crippen molar-refractivity contribution < 1.29 is 17.9 Å². The van der Waals surface area contributed by atoms with Crippen molar-refractivity contribution in [3.05, 3.63) is 23.8 Å². The van der Waals surface area contributed by atoms with Gasteiger partial charge in [0.2, 0.25) is 15.9 Å². The molecular formula is C16H22N4O4S. The van der Waals surface area contributed by atoms with E-state index >= 15 is 0 Å². The second-order valence-electron chi connectivity index (χ2n) is 5.92. The molecule has 25 heavy (non-hydrogen) atoms. The Morgan fingerprint density at radius 2 is 2.24 bits per heavy atom. The summed E-state index contributed by atoms with van der Waals surface area (Å²) in [6, 6.07) is 4.45. The van der Waals surface area contributed by atoms with E-state index in [4.69, 9.17) is 10.00 Å². The Bertz CT molecular complexity index is 773. The van der Waals surface area contributed by atoms with E-state index < -0.39 is 10.0 Å². The van der Waals surface area contributed by atoms with Crippen LogP contribution in [0.15, 0.2) is 23.1 Å². The Hall–Kier alpha value is -2.15. The fourth-order valence-electron chi connectivity index (χ4n) is 2.62. The summed E-state index contributed by atoms with van der Waals surface area (Å²) in [6.45, 7) is 2.89. The van der Waals surface area contributed by atoms with Crippen molar-refractivity contribution in [1.29, 1.82) is 5.26 Å². The Kier molecular flexibility index (Phi) is 6.36. The molecule has 1 aromatic rings. The van der Waals surface area contributed by atoms with Gasteiger partial charge < -0.3 is 15.0 Å². The Labute approximate surface area is 147 Å². The van der Waals surface area contributed by atoms with Gasteiger partial charge in [0, 0.05) is 31.9 Å². The number of hydrogen-bond donors (Lipinski definition) is 2. The molecule has 9 heteroatoms. The summed E-state index contributed by atoms with van der Waals surface area (Å²) in [6.07, 6.45) is 2.79. The number of ether oxygens (including phenoxy) is 1. The lowest BCUT2D eigenvalue weighted by atomic mass is 10.2. The average Bonchev–Trinajstić information content (AvgIpc) is 3.01. The zero-order chi connectivity index (χ0) is 18.4. The van der Waals surface area contributed by atoms with Crippen LogP contribution >= 0.6 is 0 Å². The molecule has 0 saturated carbocycles. The van der Waals surface area contributed by atoms with Gasteiger partial charge in [-0.2, -0.15) is 5.26 Å². The minimum absolute atomic E-state index is 0.118. The molecule has 1 atom stereocenters. The van der Waals surface area contributed by atoms with Gasteiger partial charge >= 0.3 is 0 Å². The maximum atomic E-state index is 12.7. The van der Waals surface area contributed by atoms with Gasteiger partial charge in [-0.05, 0) is 31.0 Å². The number of nitriles is 1. The predicted octanol–water partition coefficient (Wildman–Crippen LogP) is 0.804. The molecule has 1 fully saturated rings. The first-order chi connectivity index (χ1) is 11.9. The molecule has 0 aromatic heterocycles. The van der Waals surface area contributed by atoms with Crippen LogP contribution in [0.25, 0.3) is 0 Å². The topological polar surface area (TPSA) is 112 Å². The number of amides is 1. The number of rotatable bonds is 7. The van der Waals surface area contributed by atoms with Crippen LogP contribution in [-0.2, 0) is 19.6 Å². The largest absolute Gasteiger partial charge is 0.384 e. The van der Waals surface area contributed by atoms with Gasteiger partial charge in [0.15, 0.2) is 6.19 Å². The highest BCUT2D eigenvalue weighted by Crippen LogP contribution is 2.21. The van der Waals surface area contributed by atoms with Crippen molar-refractivity contribution >= 4 is 21.6 Å². The first-order valence-corrected chi connectivity index (χ1v) is 9.40. The first kappa shape index (κ1) is 19.2. The van der Waals surface area contributed by atoms with Crippen LogP contribution in [0.3, 0.4) is 0 Å². The van der Waals surface area contributed by atoms with E-state index in [1.54, 1.807) is 19.1 Å². The molecule has 1 heterocycles. The van der Waals surface area contributed by atoms with Crippen LogP contribution in [-0.4, -0.2) is 52.1 Å². The summed E-state index contributed by atoms with van der Waals surface area (Å²) in [5, 5.41) is 11.5. The fourth-order valence-corrected chi connectivity index (χ4v) is 4.15. The molecule has 136 valence electrons. The molecule has 1 saturated heterocycles. The van der Waals surface area contributed by atoms with Crippen LogP contribution in [0.5, 0.6) is 0 Å². The van der Waals surface area contributed by atoms with Crippen LogP contribution in [0.4, 0.5) is 5.69 Å². The third-order valence-electron chi connectivity index (χ3n) is 3.95. The van der Waals surface area contributed by atoms with Crippen LogP contribution in [0, 0.1) is 18.4 Å². The van der Waals surface area contributed by atoms with Crippen molar-refractivity contribution in [2.45, 2.75) is 30.7 Å². The lowest BCUT2D eigenvalue weighted by Crippen LogP contribution is -2.36. The van der Waals surface area contributed by atoms with Gasteiger partial charge in [-0.1, -0.05) is 6.07 Å². The lowest BCUT2D eigenvalue weighted by Gasteiger charge is -2.15. The van der Waals surface area contributed by atoms with E-state index in [1.165, 1.54) is 18.1 Å². The van der Waals surface area contributed by atoms with E-state index in [-0.39, 0.29) is 23.3 Å². The predicted molar refractivity (Wildman–Crippen MR) is 92.2 cm³/mol. The third kappa shape index (κ3) is 5.16. The summed E-state index contributed by atoms with van der Waals surface area (Å²) < 4.78 is 32.8. The van der Waals surface area contributed by atoms with Gasteiger partial charge in [-0.25, -0.2) is 13.1 Å². The number of aryl methyl sites for hydroxylation is 1. The van der Waals surface area contributed by atoms with E-state index in [0.29, 0.717) is 37.4 Å². The number of nitrogens with one attached hydrogen (secondary N) is 2. The Morgan fingerprint density at radius 1 is 1.48 bits per heavy atom. The molecule has 1 aliphatic heterocycles. The number of likely N-dealkylation sites (tertiary alicyclic amines) is 1. The van der Waals surface area contributed by atoms with E-state index in [9.17, 15) is 13.2 Å². The SMILES string of the molecule is COCCC(=O)Nc1ccc(C)c(S(=O)(=O)NC2CCN(C#N)C2)c1. The van der Waals surface area contributed by atoms with E-state index in [1.807, 2.05) is 6.19 Å². The zero-order valence-corrected chi connectivity index (χ0v) is 15.1. The van der Waals surface area contributed by atoms with Crippen LogP contribution in [0.1, 0.15) is 18.4 Å². The highest BCUT2D eigenvalue weighted by atomic mass is 32.2. The second kappa shape index (κ2) is 8.29. The van der Waals surface area contributed by atoms with Crippen molar-refractivity contribution in [2.75, 3.05) is 32.1 Å². The summed E-state index contributed by atoms with van der Waals surface area (Å²) >= 11 is 0. The lowest BCUT2D eigenvalue weighted by molar-refractivity contribution is -0.117. The van der Waals surface area contributed by atoms with Crippen molar-refractivity contribution in [1.82, 2.24) is 9.62 Å². The molecule has 1 aliphatic rings. The summed E-state index contributed by atoms with van der Waals surface area (Å²) in [5.41, 5.74) is 0.995. The van der Waals surface area contributed by atoms with Crippen molar-refractivity contribution in [3.8, 4) is 6.19 Å². The number of carbonyl (C=O) groups excluding carboxylic acids is 1. The average molecular weight is 366 g/mol. The Morgan fingerprint density at radius 3 is 2.88 bits per heavy atom. The number of benzene rings is 1. The molecule has 2 N–H and O–H groups in total. The number of anilines is 1. The van der Waals surface area contributed by atoms with Gasteiger partial charge in [-0.15, -0.1) is 0 Å². The number of methoxy groups -OCH3 is 1. The van der Waals surface area contributed by atoms with Crippen molar-refractivity contribution in [2.24, 2.45) is 0 Å². The molecule has 8 nitrogen and oxygen atoms in total. The number of hydrogen-bond acceptors (Lipinski definition) is 6. The van der Waals surface area contributed by atoms with Crippen molar-refractivity contribution in [3.63, 3.8) is 0 Å². The number of nitrogens with zero attached hydrogens (tertiary/aromatic N) is 2. The van der Waals surface area contributed by atoms with Crippen LogP contribution < -0.4 is 10.0 Å². The van der Waals surface area contributed by atoms with E-state index in [0.717, 1.165) is 0 Å². The van der Waals surface area contributed by atoms with Gasteiger partial charge in [0.05, 0.1) is 17.9 Å². The Balaban J connectivity index is 2.13. The molecular weight excluding hydrogens is 344 g/mol.